The summed E-state index contributed by atoms with van der Waals surface area (Å²) in [4.78, 5) is 29.7. The molecular weight excluding hydrogens is 417 g/mol. The lowest BCUT2D eigenvalue weighted by Gasteiger charge is -2.28. The highest BCUT2D eigenvalue weighted by Gasteiger charge is 2.24. The van der Waals surface area contributed by atoms with Crippen LogP contribution in [-0.2, 0) is 4.74 Å². The number of carbonyl (C=O) groups is 1. The van der Waals surface area contributed by atoms with Gasteiger partial charge in [0.25, 0.3) is 5.56 Å². The summed E-state index contributed by atoms with van der Waals surface area (Å²) in [5.41, 5.74) is 1.51. The normalized spacial score (nSPS) is 13.9. The van der Waals surface area contributed by atoms with E-state index in [4.69, 9.17) is 16.3 Å². The molecule has 0 atom stereocenters. The summed E-state index contributed by atoms with van der Waals surface area (Å²) in [6, 6.07) is 7.32. The van der Waals surface area contributed by atoms with Crippen LogP contribution < -0.4 is 15.8 Å². The lowest BCUT2D eigenvalue weighted by atomic mass is 10.1. The number of nitrogens with zero attached hydrogens (tertiary/aromatic N) is 3. The number of nitrogens with one attached hydrogen (secondary N) is 2. The average Bonchev–Trinajstić information content (AvgIpc) is 3.09. The number of aromatic amines is 1. The number of fused-ring (bicyclic) bond motifs is 1. The minimum atomic E-state index is -0.593. The fraction of sp³-hybridized carbons (Fsp3) is 0.316. The maximum Gasteiger partial charge on any atom is 0.356 e. The monoisotopic (exact) mass is 437 g/mol. The van der Waals surface area contributed by atoms with E-state index < -0.39 is 11.5 Å². The molecule has 1 saturated heterocycles. The topological polar surface area (TPSA) is 91.7 Å². The molecule has 0 amide bonds. The van der Waals surface area contributed by atoms with Crippen molar-refractivity contribution in [2.24, 2.45) is 0 Å². The molecule has 3 heterocycles. The van der Waals surface area contributed by atoms with E-state index in [1.54, 1.807) is 13.0 Å². The quantitative estimate of drug-likeness (QED) is 0.608. The van der Waals surface area contributed by atoms with Gasteiger partial charge in [-0.15, -0.1) is 17.5 Å². The van der Waals surface area contributed by atoms with Gasteiger partial charge in [0.05, 0.1) is 18.4 Å². The van der Waals surface area contributed by atoms with Crippen molar-refractivity contribution in [3.63, 3.8) is 0 Å². The Kier molecular flexibility index (Phi) is 6.46. The number of aromatic nitrogens is 3. The van der Waals surface area contributed by atoms with Crippen molar-refractivity contribution in [1.82, 2.24) is 19.9 Å². The maximum absolute atomic E-state index is 12.9. The molecule has 8 nitrogen and oxygen atoms in total. The second-order valence-corrected chi connectivity index (χ2v) is 6.89. The van der Waals surface area contributed by atoms with Crippen molar-refractivity contribution in [1.29, 1.82) is 0 Å². The Morgan fingerprint density at radius 2 is 2.07 bits per heavy atom. The van der Waals surface area contributed by atoms with Crippen LogP contribution in [0.5, 0.6) is 0 Å². The molecule has 1 aliphatic rings. The van der Waals surface area contributed by atoms with Crippen molar-refractivity contribution in [2.45, 2.75) is 6.92 Å². The smallest absolute Gasteiger partial charge is 0.356 e. The van der Waals surface area contributed by atoms with E-state index in [1.807, 2.05) is 18.2 Å². The average molecular weight is 438 g/mol. The van der Waals surface area contributed by atoms with Gasteiger partial charge in [-0.1, -0.05) is 23.7 Å². The first-order chi connectivity index (χ1) is 13.6. The maximum atomic E-state index is 12.9. The summed E-state index contributed by atoms with van der Waals surface area (Å²) >= 11 is 6.19. The van der Waals surface area contributed by atoms with Crippen LogP contribution in [0.1, 0.15) is 17.4 Å². The number of halogens is 2. The van der Waals surface area contributed by atoms with Crippen molar-refractivity contribution < 1.29 is 9.53 Å². The summed E-state index contributed by atoms with van der Waals surface area (Å²) in [6.45, 7) is 5.11. The van der Waals surface area contributed by atoms with Gasteiger partial charge in [0.15, 0.2) is 5.82 Å². The predicted octanol–water partition coefficient (Wildman–Crippen LogP) is 2.35. The fourth-order valence-electron chi connectivity index (χ4n) is 3.39. The number of hydrogen-bond acceptors (Lipinski definition) is 6. The van der Waals surface area contributed by atoms with Crippen LogP contribution in [0.3, 0.4) is 0 Å². The summed E-state index contributed by atoms with van der Waals surface area (Å²) in [6.07, 6.45) is 1.49. The number of rotatable bonds is 4. The van der Waals surface area contributed by atoms with Crippen LogP contribution in [0, 0.1) is 0 Å². The number of carbonyl (C=O) groups excluding carboxylic acids is 1. The van der Waals surface area contributed by atoms with E-state index in [-0.39, 0.29) is 24.7 Å². The Bertz CT molecular complexity index is 1090. The highest BCUT2D eigenvalue weighted by atomic mass is 35.5. The van der Waals surface area contributed by atoms with E-state index >= 15 is 0 Å². The SMILES string of the molecule is CCOC(=O)c1cn2nc(N3CCNCC3)c(-c3cccc(Cl)c3)c2c(=O)[nH]1.Cl. The molecule has 10 heteroatoms. The summed E-state index contributed by atoms with van der Waals surface area (Å²) in [5.74, 6) is 0.0975. The van der Waals surface area contributed by atoms with Gasteiger partial charge < -0.3 is 19.9 Å². The van der Waals surface area contributed by atoms with Crippen LogP contribution in [0.2, 0.25) is 5.02 Å². The number of hydrogen-bond donors (Lipinski definition) is 2. The Balaban J connectivity index is 0.00000240. The van der Waals surface area contributed by atoms with Gasteiger partial charge in [0.1, 0.15) is 11.2 Å². The lowest BCUT2D eigenvalue weighted by molar-refractivity contribution is 0.0518. The molecule has 0 aliphatic carbocycles. The predicted molar refractivity (Wildman–Crippen MR) is 115 cm³/mol. The standard InChI is InChI=1S/C19H20ClN5O3.ClH/c1-2-28-19(27)14-11-25-16(18(26)22-14)15(12-4-3-5-13(20)10-12)17(23-25)24-8-6-21-7-9-24;/h3-5,10-11,21H,2,6-9H2,1H3,(H,22,26);1H. The largest absolute Gasteiger partial charge is 0.461 e. The molecule has 0 unspecified atom stereocenters. The first-order valence-electron chi connectivity index (χ1n) is 9.13. The fourth-order valence-corrected chi connectivity index (χ4v) is 3.58. The first-order valence-corrected chi connectivity index (χ1v) is 9.50. The second kappa shape index (κ2) is 8.86. The van der Waals surface area contributed by atoms with Gasteiger partial charge in [-0.2, -0.15) is 0 Å². The molecule has 0 spiro atoms. The molecular formula is C19H21Cl2N5O3. The molecule has 0 saturated carbocycles. The second-order valence-electron chi connectivity index (χ2n) is 6.46. The zero-order valence-electron chi connectivity index (χ0n) is 15.8. The van der Waals surface area contributed by atoms with Crippen LogP contribution in [-0.4, -0.2) is 53.4 Å². The van der Waals surface area contributed by atoms with Crippen LogP contribution >= 0.6 is 24.0 Å². The van der Waals surface area contributed by atoms with Crippen LogP contribution in [0.15, 0.2) is 35.3 Å². The number of H-pyrrole nitrogens is 1. The van der Waals surface area contributed by atoms with Crippen molar-refractivity contribution >= 4 is 41.3 Å². The number of benzene rings is 1. The molecule has 0 radical (unpaired) electrons. The third-order valence-corrected chi connectivity index (χ3v) is 4.87. The summed E-state index contributed by atoms with van der Waals surface area (Å²) < 4.78 is 6.46. The van der Waals surface area contributed by atoms with Crippen molar-refractivity contribution in [3.8, 4) is 11.1 Å². The Morgan fingerprint density at radius 3 is 2.76 bits per heavy atom. The molecule has 0 bridgehead atoms. The van der Waals surface area contributed by atoms with Gasteiger partial charge in [0.2, 0.25) is 0 Å². The van der Waals surface area contributed by atoms with E-state index in [2.05, 4.69) is 20.3 Å². The molecule has 4 rings (SSSR count). The van der Waals surface area contributed by atoms with Gasteiger partial charge in [-0.05, 0) is 24.6 Å². The highest BCUT2D eigenvalue weighted by Crippen LogP contribution is 2.34. The third-order valence-electron chi connectivity index (χ3n) is 4.63. The van der Waals surface area contributed by atoms with Crippen molar-refractivity contribution in [2.75, 3.05) is 37.7 Å². The number of ether oxygens (including phenoxy) is 1. The zero-order chi connectivity index (χ0) is 19.7. The molecule has 1 aliphatic heterocycles. The third kappa shape index (κ3) is 4.10. The van der Waals surface area contributed by atoms with E-state index in [9.17, 15) is 9.59 Å². The van der Waals surface area contributed by atoms with Gasteiger partial charge in [-0.3, -0.25) is 4.79 Å². The minimum Gasteiger partial charge on any atom is -0.461 e. The first kappa shape index (κ1) is 21.2. The molecule has 1 fully saturated rings. The van der Waals surface area contributed by atoms with E-state index in [0.717, 1.165) is 31.7 Å². The van der Waals surface area contributed by atoms with Crippen molar-refractivity contribution in [3.05, 3.63) is 51.5 Å². The number of anilines is 1. The molecule has 29 heavy (non-hydrogen) atoms. The summed E-state index contributed by atoms with van der Waals surface area (Å²) in [7, 11) is 0. The summed E-state index contributed by atoms with van der Waals surface area (Å²) in [5, 5.41) is 8.53. The van der Waals surface area contributed by atoms with Gasteiger partial charge >= 0.3 is 5.97 Å². The molecule has 154 valence electrons. The Labute approximate surface area is 178 Å². The van der Waals surface area contributed by atoms with E-state index in [1.165, 1.54) is 10.7 Å². The van der Waals surface area contributed by atoms with Crippen LogP contribution in [0.25, 0.3) is 16.6 Å². The Morgan fingerprint density at radius 1 is 1.31 bits per heavy atom. The van der Waals surface area contributed by atoms with Crippen LogP contribution in [0.4, 0.5) is 5.82 Å². The molecule has 2 N–H and O–H groups in total. The van der Waals surface area contributed by atoms with E-state index in [0.29, 0.717) is 21.9 Å². The molecule has 2 aromatic heterocycles. The Hall–Kier alpha value is -2.55. The zero-order valence-corrected chi connectivity index (χ0v) is 17.3. The number of piperazine rings is 1. The highest BCUT2D eigenvalue weighted by molar-refractivity contribution is 6.30. The minimum absolute atomic E-state index is 0. The van der Waals surface area contributed by atoms with Gasteiger partial charge in [0, 0.05) is 31.2 Å². The lowest BCUT2D eigenvalue weighted by Crippen LogP contribution is -2.43. The molecule has 1 aromatic carbocycles. The van der Waals surface area contributed by atoms with Gasteiger partial charge in [-0.25, -0.2) is 9.31 Å². The number of esters is 1. The molecule has 3 aromatic rings.